The minimum Gasteiger partial charge on any atom is -0.481 e. The number of aromatic carboxylic acids is 1. The Balaban J connectivity index is 1.29. The number of nitrogens with one attached hydrogen (secondary N) is 1. The lowest BCUT2D eigenvalue weighted by molar-refractivity contribution is -0.268. The largest absolute Gasteiger partial charge is 0.481 e. The quantitative estimate of drug-likeness (QED) is 0.104. The second kappa shape index (κ2) is 16.6. The van der Waals surface area contributed by atoms with Crippen molar-refractivity contribution in [2.45, 2.75) is 62.7 Å². The van der Waals surface area contributed by atoms with Crippen LogP contribution in [0.3, 0.4) is 0 Å². The molecule has 1 aliphatic rings. The van der Waals surface area contributed by atoms with Crippen molar-refractivity contribution in [2.75, 3.05) is 5.75 Å². The Bertz CT molecular complexity index is 1690. The summed E-state index contributed by atoms with van der Waals surface area (Å²) in [5.41, 5.74) is 5.85. The molecular weight excluding hydrogens is 630 g/mol. The van der Waals surface area contributed by atoms with Gasteiger partial charge in [0.1, 0.15) is 0 Å². The van der Waals surface area contributed by atoms with Gasteiger partial charge in [0.25, 0.3) is 0 Å². The minimum absolute atomic E-state index is 0.00620. The molecular formula is C38H39NO8S. The molecule has 0 aliphatic carbocycles. The average Bonchev–Trinajstić information content (AvgIpc) is 3.10. The van der Waals surface area contributed by atoms with Crippen molar-refractivity contribution in [3.63, 3.8) is 0 Å². The van der Waals surface area contributed by atoms with E-state index >= 15 is 0 Å². The molecule has 4 N–H and O–H groups in total. The maximum atomic E-state index is 12.1. The van der Waals surface area contributed by atoms with Crippen LogP contribution < -0.4 is 5.32 Å². The number of ether oxygens (including phenoxy) is 2. The van der Waals surface area contributed by atoms with E-state index in [1.807, 2.05) is 84.9 Å². The number of carboxylic acid groups (broad SMARTS) is 2. The molecule has 0 bridgehead atoms. The number of aliphatic hydroxyl groups is 1. The molecule has 1 aliphatic heterocycles. The van der Waals surface area contributed by atoms with E-state index in [1.54, 1.807) is 23.9 Å². The molecule has 48 heavy (non-hydrogen) atoms. The van der Waals surface area contributed by atoms with Crippen LogP contribution in [-0.4, -0.2) is 45.0 Å². The van der Waals surface area contributed by atoms with Gasteiger partial charge in [-0.2, -0.15) is 0 Å². The number of rotatable bonds is 14. The van der Waals surface area contributed by atoms with E-state index in [9.17, 15) is 24.6 Å². The smallest absolute Gasteiger partial charge is 0.335 e. The number of carbonyl (C=O) groups excluding carboxylic acids is 1. The molecule has 10 heteroatoms. The van der Waals surface area contributed by atoms with Crippen LogP contribution in [-0.2, 0) is 32.2 Å². The number of hydrogen-bond donors (Lipinski definition) is 4. The fraction of sp³-hybridized carbons (Fsp3) is 0.289. The van der Waals surface area contributed by atoms with Crippen molar-refractivity contribution >= 4 is 29.6 Å². The third-order valence-electron chi connectivity index (χ3n) is 8.37. The SMILES string of the molecule is CC1C(CSc2ccc(C(=O)O)cc2)OC(c2ccc(-c3cccc(CNC(=O)CCCC(=O)O)c3)cc2)OC1c1ccc(CO)cc1. The Kier molecular flexibility index (Phi) is 12.0. The van der Waals surface area contributed by atoms with Crippen molar-refractivity contribution in [3.05, 3.63) is 125 Å². The monoisotopic (exact) mass is 669 g/mol. The first-order valence-electron chi connectivity index (χ1n) is 15.8. The molecule has 4 unspecified atom stereocenters. The first-order valence-corrected chi connectivity index (χ1v) is 16.8. The second-order valence-electron chi connectivity index (χ2n) is 11.8. The Morgan fingerprint density at radius 1 is 0.792 bits per heavy atom. The number of aliphatic carboxylic acids is 1. The third kappa shape index (κ3) is 9.32. The molecule has 0 spiro atoms. The maximum absolute atomic E-state index is 12.1. The summed E-state index contributed by atoms with van der Waals surface area (Å²) in [4.78, 5) is 35.0. The molecule has 0 radical (unpaired) electrons. The Morgan fingerprint density at radius 3 is 2.17 bits per heavy atom. The summed E-state index contributed by atoms with van der Waals surface area (Å²) in [6, 6.07) is 30.5. The van der Waals surface area contributed by atoms with Gasteiger partial charge < -0.3 is 30.1 Å². The Hall–Kier alpha value is -4.48. The van der Waals surface area contributed by atoms with Gasteiger partial charge in [0.15, 0.2) is 6.29 Å². The fourth-order valence-electron chi connectivity index (χ4n) is 5.56. The van der Waals surface area contributed by atoms with E-state index in [0.717, 1.165) is 38.3 Å². The number of aliphatic hydroxyl groups excluding tert-OH is 1. The van der Waals surface area contributed by atoms with Crippen LogP contribution in [0.5, 0.6) is 0 Å². The number of benzene rings is 4. The second-order valence-corrected chi connectivity index (χ2v) is 12.9. The highest BCUT2D eigenvalue weighted by atomic mass is 32.2. The van der Waals surface area contributed by atoms with Crippen LogP contribution in [0.15, 0.2) is 102 Å². The van der Waals surface area contributed by atoms with Gasteiger partial charge in [0.05, 0.1) is 24.4 Å². The summed E-state index contributed by atoms with van der Waals surface area (Å²) in [5, 5.41) is 30.4. The molecule has 0 aromatic heterocycles. The van der Waals surface area contributed by atoms with Gasteiger partial charge >= 0.3 is 11.9 Å². The Labute approximate surface area is 283 Å². The summed E-state index contributed by atoms with van der Waals surface area (Å²) in [6.07, 6.45) is -0.609. The number of thioether (sulfide) groups is 1. The molecule has 1 fully saturated rings. The van der Waals surface area contributed by atoms with Crippen LogP contribution in [0.4, 0.5) is 0 Å². The van der Waals surface area contributed by atoms with Crippen molar-refractivity contribution in [1.82, 2.24) is 5.32 Å². The zero-order chi connectivity index (χ0) is 34.0. The van der Waals surface area contributed by atoms with Gasteiger partial charge in [-0.25, -0.2) is 4.79 Å². The van der Waals surface area contributed by atoms with E-state index in [2.05, 4.69) is 12.2 Å². The molecule has 9 nitrogen and oxygen atoms in total. The van der Waals surface area contributed by atoms with Crippen LogP contribution >= 0.6 is 11.8 Å². The maximum Gasteiger partial charge on any atom is 0.335 e. The zero-order valence-electron chi connectivity index (χ0n) is 26.6. The van der Waals surface area contributed by atoms with E-state index < -0.39 is 18.2 Å². The number of amides is 1. The summed E-state index contributed by atoms with van der Waals surface area (Å²) >= 11 is 1.61. The van der Waals surface area contributed by atoms with Crippen LogP contribution in [0.2, 0.25) is 0 Å². The van der Waals surface area contributed by atoms with E-state index in [4.69, 9.17) is 14.6 Å². The Morgan fingerprint density at radius 2 is 1.50 bits per heavy atom. The third-order valence-corrected chi connectivity index (χ3v) is 9.47. The van der Waals surface area contributed by atoms with Gasteiger partial charge in [-0.05, 0) is 64.6 Å². The summed E-state index contributed by atoms with van der Waals surface area (Å²) < 4.78 is 13.2. The van der Waals surface area contributed by atoms with E-state index in [1.165, 1.54) is 0 Å². The standard InChI is InChI=1S/C38H39NO8S/c1-24-33(23-48-32-18-16-29(17-19-32)37(44)45)46-38(47-36(24)28-10-8-25(22-40)9-11-28)30-14-12-27(13-15-30)31-5-2-4-26(20-31)21-39-34(41)6-3-7-35(42)43/h2,4-5,8-20,24,33,36,38,40H,3,6-7,21-23H2,1H3,(H,39,41)(H,42,43)(H,44,45). The molecule has 250 valence electrons. The molecule has 1 saturated heterocycles. The van der Waals surface area contributed by atoms with Crippen molar-refractivity contribution in [3.8, 4) is 11.1 Å². The first kappa shape index (κ1) is 34.8. The summed E-state index contributed by atoms with van der Waals surface area (Å²) in [6.45, 7) is 2.42. The lowest BCUT2D eigenvalue weighted by Crippen LogP contribution is -2.38. The molecule has 5 rings (SSSR count). The van der Waals surface area contributed by atoms with Gasteiger partial charge in [-0.3, -0.25) is 9.59 Å². The lowest BCUT2D eigenvalue weighted by atomic mass is 9.91. The van der Waals surface area contributed by atoms with Gasteiger partial charge in [-0.1, -0.05) is 73.7 Å². The normalized spacial score (nSPS) is 19.0. The zero-order valence-corrected chi connectivity index (χ0v) is 27.4. The number of carbonyl (C=O) groups is 3. The first-order chi connectivity index (χ1) is 23.2. The number of hydrogen-bond acceptors (Lipinski definition) is 7. The van der Waals surface area contributed by atoms with Crippen LogP contribution in [0.1, 0.15) is 71.2 Å². The molecule has 1 amide bonds. The molecule has 1 heterocycles. The van der Waals surface area contributed by atoms with Crippen molar-refractivity contribution in [1.29, 1.82) is 0 Å². The molecule has 4 aromatic carbocycles. The summed E-state index contributed by atoms with van der Waals surface area (Å²) in [5.74, 6) is -1.40. The van der Waals surface area contributed by atoms with Crippen LogP contribution in [0.25, 0.3) is 11.1 Å². The highest BCUT2D eigenvalue weighted by molar-refractivity contribution is 7.99. The molecule has 4 atom stereocenters. The van der Waals surface area contributed by atoms with Crippen molar-refractivity contribution in [2.24, 2.45) is 5.92 Å². The van der Waals surface area contributed by atoms with Gasteiger partial charge in [0, 0.05) is 41.5 Å². The highest BCUT2D eigenvalue weighted by Gasteiger charge is 2.38. The van der Waals surface area contributed by atoms with Crippen LogP contribution in [0, 0.1) is 5.92 Å². The molecule has 4 aromatic rings. The van der Waals surface area contributed by atoms with E-state index in [-0.39, 0.29) is 49.0 Å². The predicted molar refractivity (Wildman–Crippen MR) is 182 cm³/mol. The summed E-state index contributed by atoms with van der Waals surface area (Å²) in [7, 11) is 0. The highest BCUT2D eigenvalue weighted by Crippen LogP contribution is 2.43. The van der Waals surface area contributed by atoms with Gasteiger partial charge in [-0.15, -0.1) is 11.8 Å². The lowest BCUT2D eigenvalue weighted by Gasteiger charge is -2.41. The predicted octanol–water partition coefficient (Wildman–Crippen LogP) is 7.00. The molecule has 0 saturated carbocycles. The van der Waals surface area contributed by atoms with Gasteiger partial charge in [0.2, 0.25) is 5.91 Å². The topological polar surface area (TPSA) is 142 Å². The fourth-order valence-corrected chi connectivity index (χ4v) is 6.63. The van der Waals surface area contributed by atoms with E-state index in [0.29, 0.717) is 18.7 Å². The average molecular weight is 670 g/mol. The minimum atomic E-state index is -0.959. The van der Waals surface area contributed by atoms with Crippen molar-refractivity contribution < 1.29 is 39.2 Å². The number of carboxylic acids is 2.